The van der Waals surface area contributed by atoms with Gasteiger partial charge in [-0.05, 0) is 33.0 Å². The van der Waals surface area contributed by atoms with Crippen LogP contribution in [0, 0.1) is 5.82 Å². The van der Waals surface area contributed by atoms with Crippen LogP contribution in [0.3, 0.4) is 0 Å². The van der Waals surface area contributed by atoms with Gasteiger partial charge in [0.25, 0.3) is 0 Å². The summed E-state index contributed by atoms with van der Waals surface area (Å²) < 4.78 is 50.4. The summed E-state index contributed by atoms with van der Waals surface area (Å²) in [6.07, 6.45) is -4.51. The van der Waals surface area contributed by atoms with E-state index in [1.54, 1.807) is 20.9 Å². The lowest BCUT2D eigenvalue weighted by Crippen LogP contribution is -2.34. The molecule has 0 aliphatic carbocycles. The Balaban J connectivity index is 3.20. The summed E-state index contributed by atoms with van der Waals surface area (Å²) >= 11 is 0. The van der Waals surface area contributed by atoms with Crippen LogP contribution in [-0.2, 0) is 11.7 Å². The largest absolute Gasteiger partial charge is 0.416 e. The fraction of sp³-hybridized carbons (Fsp3) is 0.455. The molecule has 0 saturated heterocycles. The average Bonchev–Trinajstić information content (AvgIpc) is 2.16. The van der Waals surface area contributed by atoms with Gasteiger partial charge in [-0.25, -0.2) is 4.39 Å². The second-order valence-electron chi connectivity index (χ2n) is 4.07. The van der Waals surface area contributed by atoms with E-state index in [1.807, 2.05) is 0 Å². The highest BCUT2D eigenvalue weighted by atomic mass is 19.4. The van der Waals surface area contributed by atoms with Crippen molar-refractivity contribution < 1.29 is 17.6 Å². The highest BCUT2D eigenvalue weighted by Crippen LogP contribution is 2.32. The molecule has 0 radical (unpaired) electrons. The summed E-state index contributed by atoms with van der Waals surface area (Å²) in [6.45, 7) is 3.39. The third-order valence-corrected chi connectivity index (χ3v) is 2.59. The molecule has 90 valence electrons. The van der Waals surface area contributed by atoms with Crippen LogP contribution in [-0.4, -0.2) is 7.05 Å². The molecule has 0 unspecified atom stereocenters. The molecule has 0 fully saturated rings. The van der Waals surface area contributed by atoms with E-state index in [2.05, 4.69) is 5.32 Å². The number of hydrogen-bond acceptors (Lipinski definition) is 1. The number of nitrogens with one attached hydrogen (secondary N) is 1. The summed E-state index contributed by atoms with van der Waals surface area (Å²) in [5.41, 5.74) is -1.46. The van der Waals surface area contributed by atoms with Gasteiger partial charge in [0.1, 0.15) is 5.82 Å². The van der Waals surface area contributed by atoms with Crippen LogP contribution < -0.4 is 5.32 Å². The summed E-state index contributed by atoms with van der Waals surface area (Å²) in [4.78, 5) is 0. The monoisotopic (exact) mass is 235 g/mol. The Morgan fingerprint density at radius 2 is 1.69 bits per heavy atom. The predicted molar refractivity (Wildman–Crippen MR) is 53.5 cm³/mol. The molecule has 1 aromatic rings. The van der Waals surface area contributed by atoms with Gasteiger partial charge in [0.05, 0.1) is 5.56 Å². The Morgan fingerprint density at radius 1 is 1.12 bits per heavy atom. The van der Waals surface area contributed by atoms with Crippen molar-refractivity contribution in [1.29, 1.82) is 0 Å². The maximum absolute atomic E-state index is 13.5. The third-order valence-electron chi connectivity index (χ3n) is 2.59. The molecule has 0 spiro atoms. The number of rotatable bonds is 2. The summed E-state index contributed by atoms with van der Waals surface area (Å²) in [7, 11) is 1.62. The first-order valence-corrected chi connectivity index (χ1v) is 4.74. The molecule has 0 bridgehead atoms. The maximum Gasteiger partial charge on any atom is 0.416 e. The van der Waals surface area contributed by atoms with Gasteiger partial charge in [-0.2, -0.15) is 13.2 Å². The van der Waals surface area contributed by atoms with Gasteiger partial charge in [-0.15, -0.1) is 0 Å². The summed E-state index contributed by atoms with van der Waals surface area (Å²) in [5, 5.41) is 2.84. The molecule has 1 aromatic carbocycles. The Hall–Kier alpha value is -1.10. The molecule has 16 heavy (non-hydrogen) atoms. The first kappa shape index (κ1) is 13.0. The molecule has 1 rings (SSSR count). The van der Waals surface area contributed by atoms with Crippen LogP contribution in [0.4, 0.5) is 17.6 Å². The maximum atomic E-state index is 13.5. The van der Waals surface area contributed by atoms with Crippen LogP contribution in [0.1, 0.15) is 25.0 Å². The normalized spacial score (nSPS) is 12.9. The van der Waals surface area contributed by atoms with Gasteiger partial charge in [-0.3, -0.25) is 0 Å². The lowest BCUT2D eigenvalue weighted by atomic mass is 9.93. The molecule has 0 aliphatic rings. The van der Waals surface area contributed by atoms with Crippen molar-refractivity contribution in [3.8, 4) is 0 Å². The molecule has 5 heteroatoms. The number of hydrogen-bond donors (Lipinski definition) is 1. The van der Waals surface area contributed by atoms with Crippen molar-refractivity contribution in [3.63, 3.8) is 0 Å². The van der Waals surface area contributed by atoms with Gasteiger partial charge in [0.2, 0.25) is 0 Å². The molecule has 1 nitrogen and oxygen atoms in total. The molecule has 1 N–H and O–H groups in total. The zero-order valence-corrected chi connectivity index (χ0v) is 9.24. The number of halogens is 4. The highest BCUT2D eigenvalue weighted by molar-refractivity contribution is 5.30. The Morgan fingerprint density at radius 3 is 2.06 bits per heavy atom. The summed E-state index contributed by atoms with van der Waals surface area (Å²) in [5.74, 6) is -0.853. The molecular formula is C11H13F4N. The van der Waals surface area contributed by atoms with Crippen LogP contribution in [0.5, 0.6) is 0 Å². The van der Waals surface area contributed by atoms with E-state index in [0.29, 0.717) is 6.07 Å². The predicted octanol–water partition coefficient (Wildman–Crippen LogP) is 3.30. The molecule has 0 saturated carbocycles. The van der Waals surface area contributed by atoms with Crippen LogP contribution >= 0.6 is 0 Å². The minimum absolute atomic E-state index is 0.211. The minimum Gasteiger partial charge on any atom is -0.311 e. The van der Waals surface area contributed by atoms with Crippen LogP contribution in [0.15, 0.2) is 18.2 Å². The van der Waals surface area contributed by atoms with Crippen molar-refractivity contribution in [2.24, 2.45) is 0 Å². The van der Waals surface area contributed by atoms with Gasteiger partial charge in [0.15, 0.2) is 0 Å². The van der Waals surface area contributed by atoms with Crippen molar-refractivity contribution in [3.05, 3.63) is 35.1 Å². The molecular weight excluding hydrogens is 222 g/mol. The standard InChI is InChI=1S/C11H13F4N/c1-10(2,16-3)8-5-4-7(6-9(8)12)11(13,14)15/h4-6,16H,1-3H3. The van der Waals surface area contributed by atoms with Crippen molar-refractivity contribution in [2.45, 2.75) is 25.6 Å². The van der Waals surface area contributed by atoms with Crippen molar-refractivity contribution in [2.75, 3.05) is 7.05 Å². The van der Waals surface area contributed by atoms with Gasteiger partial charge in [0, 0.05) is 11.1 Å². The van der Waals surface area contributed by atoms with Crippen LogP contribution in [0.2, 0.25) is 0 Å². The second-order valence-corrected chi connectivity index (χ2v) is 4.07. The van der Waals surface area contributed by atoms with E-state index in [0.717, 1.165) is 12.1 Å². The van der Waals surface area contributed by atoms with Crippen LogP contribution in [0.25, 0.3) is 0 Å². The van der Waals surface area contributed by atoms with E-state index in [4.69, 9.17) is 0 Å². The number of alkyl halides is 3. The Bertz CT molecular complexity index is 382. The van der Waals surface area contributed by atoms with Gasteiger partial charge < -0.3 is 5.32 Å². The Labute approximate surface area is 91.5 Å². The summed E-state index contributed by atoms with van der Waals surface area (Å²) in [6, 6.07) is 2.57. The zero-order chi connectivity index (χ0) is 12.6. The Kier molecular flexibility index (Phi) is 3.28. The van der Waals surface area contributed by atoms with Crippen molar-refractivity contribution >= 4 is 0 Å². The second kappa shape index (κ2) is 4.05. The number of benzene rings is 1. The van der Waals surface area contributed by atoms with E-state index in [1.165, 1.54) is 0 Å². The third kappa shape index (κ3) is 2.52. The highest BCUT2D eigenvalue weighted by Gasteiger charge is 2.32. The molecule has 0 amide bonds. The fourth-order valence-electron chi connectivity index (χ4n) is 1.33. The molecule has 0 heterocycles. The first-order valence-electron chi connectivity index (χ1n) is 4.74. The zero-order valence-electron chi connectivity index (χ0n) is 9.24. The fourth-order valence-corrected chi connectivity index (χ4v) is 1.33. The smallest absolute Gasteiger partial charge is 0.311 e. The topological polar surface area (TPSA) is 12.0 Å². The quantitative estimate of drug-likeness (QED) is 0.775. The van der Waals surface area contributed by atoms with Gasteiger partial charge in [-0.1, -0.05) is 6.07 Å². The first-order chi connectivity index (χ1) is 7.18. The molecule has 0 aliphatic heterocycles. The van der Waals surface area contributed by atoms with E-state index in [-0.39, 0.29) is 5.56 Å². The van der Waals surface area contributed by atoms with E-state index in [9.17, 15) is 17.6 Å². The minimum atomic E-state index is -4.51. The molecule has 0 atom stereocenters. The van der Waals surface area contributed by atoms with E-state index >= 15 is 0 Å². The molecule has 0 aromatic heterocycles. The lowest BCUT2D eigenvalue weighted by molar-refractivity contribution is -0.137. The van der Waals surface area contributed by atoms with Crippen molar-refractivity contribution in [1.82, 2.24) is 5.32 Å². The SMILES string of the molecule is CNC(C)(C)c1ccc(C(F)(F)F)cc1F. The van der Waals surface area contributed by atoms with Gasteiger partial charge >= 0.3 is 6.18 Å². The lowest BCUT2D eigenvalue weighted by Gasteiger charge is -2.25. The van der Waals surface area contributed by atoms with E-state index < -0.39 is 23.1 Å². The average molecular weight is 235 g/mol.